The second kappa shape index (κ2) is 5.98. The Morgan fingerprint density at radius 3 is 2.36 bits per heavy atom. The number of aromatic amines is 1. The third kappa shape index (κ3) is 2.79. The molecule has 3 aromatic rings. The minimum Gasteiger partial charge on any atom is -0.358 e. The number of fused-ring (bicyclic) bond motifs is 1. The number of hydrogen-bond donors (Lipinski definition) is 2. The highest BCUT2D eigenvalue weighted by molar-refractivity contribution is 5.84. The molecular formula is C20H24N2. The zero-order valence-corrected chi connectivity index (χ0v) is 13.6. The molecule has 0 radical (unpaired) electrons. The van der Waals surface area contributed by atoms with Gasteiger partial charge in [-0.1, -0.05) is 47.5 Å². The van der Waals surface area contributed by atoms with Gasteiger partial charge in [-0.05, 0) is 50.9 Å². The number of aromatic nitrogens is 1. The molecule has 22 heavy (non-hydrogen) atoms. The summed E-state index contributed by atoms with van der Waals surface area (Å²) in [6.07, 6.45) is 0.981. The summed E-state index contributed by atoms with van der Waals surface area (Å²) in [7, 11) is 0. The summed E-state index contributed by atoms with van der Waals surface area (Å²) in [5.41, 5.74) is 13.9. The van der Waals surface area contributed by atoms with Crippen molar-refractivity contribution in [3.05, 3.63) is 70.4 Å². The van der Waals surface area contributed by atoms with Crippen LogP contribution < -0.4 is 5.73 Å². The van der Waals surface area contributed by atoms with E-state index in [1.54, 1.807) is 0 Å². The molecule has 0 spiro atoms. The van der Waals surface area contributed by atoms with Crippen LogP contribution in [0.25, 0.3) is 10.9 Å². The number of benzene rings is 2. The molecule has 1 aromatic heterocycles. The summed E-state index contributed by atoms with van der Waals surface area (Å²) in [4.78, 5) is 3.49. The van der Waals surface area contributed by atoms with Crippen molar-refractivity contribution in [3.63, 3.8) is 0 Å². The summed E-state index contributed by atoms with van der Waals surface area (Å²) >= 11 is 0. The Morgan fingerprint density at radius 1 is 1.00 bits per heavy atom. The van der Waals surface area contributed by atoms with Gasteiger partial charge in [0.05, 0.1) is 0 Å². The molecule has 0 fully saturated rings. The zero-order chi connectivity index (χ0) is 15.7. The fraction of sp³-hybridized carbons (Fsp3) is 0.300. The first-order valence-corrected chi connectivity index (χ1v) is 7.93. The standard InChI is InChI=1S/C20H24N2/c1-13-8-14(2)10-16(9-13)17(12-21)11-19-15(3)22-20-7-5-4-6-18(19)20/h4-10,17,22H,11-12,21H2,1-3H3. The lowest BCUT2D eigenvalue weighted by molar-refractivity contribution is 0.693. The van der Waals surface area contributed by atoms with Crippen LogP contribution in [0.1, 0.15) is 33.9 Å². The molecule has 0 aliphatic heterocycles. The van der Waals surface area contributed by atoms with Crippen LogP contribution in [0.15, 0.2) is 42.5 Å². The zero-order valence-electron chi connectivity index (χ0n) is 13.6. The highest BCUT2D eigenvalue weighted by atomic mass is 14.7. The lowest BCUT2D eigenvalue weighted by Gasteiger charge is -2.17. The van der Waals surface area contributed by atoms with Gasteiger partial charge in [0.25, 0.3) is 0 Å². The van der Waals surface area contributed by atoms with E-state index in [2.05, 4.69) is 68.2 Å². The third-order valence-electron chi connectivity index (χ3n) is 4.48. The lowest BCUT2D eigenvalue weighted by atomic mass is 9.89. The van der Waals surface area contributed by atoms with Gasteiger partial charge in [0.2, 0.25) is 0 Å². The quantitative estimate of drug-likeness (QED) is 0.736. The average Bonchev–Trinajstić information content (AvgIpc) is 2.79. The minimum absolute atomic E-state index is 0.358. The minimum atomic E-state index is 0.358. The number of aryl methyl sites for hydroxylation is 3. The van der Waals surface area contributed by atoms with E-state index >= 15 is 0 Å². The van der Waals surface area contributed by atoms with E-state index in [-0.39, 0.29) is 0 Å². The summed E-state index contributed by atoms with van der Waals surface area (Å²) in [6, 6.07) is 15.3. The number of H-pyrrole nitrogens is 1. The van der Waals surface area contributed by atoms with Crippen LogP contribution >= 0.6 is 0 Å². The van der Waals surface area contributed by atoms with Crippen LogP contribution in [-0.2, 0) is 6.42 Å². The van der Waals surface area contributed by atoms with Gasteiger partial charge >= 0.3 is 0 Å². The van der Waals surface area contributed by atoms with E-state index in [9.17, 15) is 0 Å². The van der Waals surface area contributed by atoms with Crippen molar-refractivity contribution in [3.8, 4) is 0 Å². The van der Waals surface area contributed by atoms with Gasteiger partial charge in [-0.3, -0.25) is 0 Å². The molecule has 1 unspecified atom stereocenters. The third-order valence-corrected chi connectivity index (χ3v) is 4.48. The molecular weight excluding hydrogens is 268 g/mol. The Hall–Kier alpha value is -2.06. The Bertz CT molecular complexity index is 778. The fourth-order valence-electron chi connectivity index (χ4n) is 3.43. The van der Waals surface area contributed by atoms with Crippen molar-refractivity contribution in [2.24, 2.45) is 5.73 Å². The number of nitrogens with one attached hydrogen (secondary N) is 1. The van der Waals surface area contributed by atoms with Crippen LogP contribution in [0.5, 0.6) is 0 Å². The number of rotatable bonds is 4. The molecule has 0 aliphatic rings. The van der Waals surface area contributed by atoms with E-state index in [1.165, 1.54) is 38.9 Å². The summed E-state index contributed by atoms with van der Waals surface area (Å²) in [6.45, 7) is 7.13. The van der Waals surface area contributed by atoms with E-state index in [0.29, 0.717) is 12.5 Å². The van der Waals surface area contributed by atoms with Crippen LogP contribution in [-0.4, -0.2) is 11.5 Å². The van der Waals surface area contributed by atoms with Gasteiger partial charge in [-0.15, -0.1) is 0 Å². The molecule has 0 aliphatic carbocycles. The first-order valence-electron chi connectivity index (χ1n) is 7.93. The molecule has 0 bridgehead atoms. The molecule has 2 heteroatoms. The van der Waals surface area contributed by atoms with Crippen molar-refractivity contribution >= 4 is 10.9 Å². The van der Waals surface area contributed by atoms with Crippen molar-refractivity contribution in [1.82, 2.24) is 4.98 Å². The highest BCUT2D eigenvalue weighted by Crippen LogP contribution is 2.29. The van der Waals surface area contributed by atoms with Gasteiger partial charge in [0.15, 0.2) is 0 Å². The Labute approximate surface area is 132 Å². The summed E-state index contributed by atoms with van der Waals surface area (Å²) in [5.74, 6) is 0.358. The molecule has 3 N–H and O–H groups in total. The molecule has 2 aromatic carbocycles. The van der Waals surface area contributed by atoms with Crippen LogP contribution in [0.2, 0.25) is 0 Å². The second-order valence-corrected chi connectivity index (χ2v) is 6.33. The Balaban J connectivity index is 1.99. The normalized spacial score (nSPS) is 12.7. The largest absolute Gasteiger partial charge is 0.358 e. The average molecular weight is 292 g/mol. The molecule has 3 rings (SSSR count). The van der Waals surface area contributed by atoms with Gasteiger partial charge in [-0.2, -0.15) is 0 Å². The van der Waals surface area contributed by atoms with Crippen molar-refractivity contribution in [1.29, 1.82) is 0 Å². The smallest absolute Gasteiger partial charge is 0.0458 e. The molecule has 1 atom stereocenters. The van der Waals surface area contributed by atoms with Crippen LogP contribution in [0.4, 0.5) is 0 Å². The van der Waals surface area contributed by atoms with E-state index < -0.39 is 0 Å². The molecule has 0 amide bonds. The van der Waals surface area contributed by atoms with Gasteiger partial charge < -0.3 is 10.7 Å². The van der Waals surface area contributed by atoms with E-state index in [0.717, 1.165) is 6.42 Å². The number of para-hydroxylation sites is 1. The number of nitrogens with two attached hydrogens (primary N) is 1. The van der Waals surface area contributed by atoms with Crippen molar-refractivity contribution in [2.45, 2.75) is 33.1 Å². The first kappa shape index (κ1) is 14.9. The van der Waals surface area contributed by atoms with E-state index in [4.69, 9.17) is 5.73 Å². The Kier molecular flexibility index (Phi) is 4.04. The summed E-state index contributed by atoms with van der Waals surface area (Å²) in [5, 5.41) is 1.32. The van der Waals surface area contributed by atoms with Crippen LogP contribution in [0.3, 0.4) is 0 Å². The maximum absolute atomic E-state index is 6.11. The second-order valence-electron chi connectivity index (χ2n) is 6.33. The molecule has 0 saturated heterocycles. The number of hydrogen-bond acceptors (Lipinski definition) is 1. The topological polar surface area (TPSA) is 41.8 Å². The molecule has 0 saturated carbocycles. The van der Waals surface area contributed by atoms with Crippen molar-refractivity contribution < 1.29 is 0 Å². The molecule has 1 heterocycles. The molecule has 114 valence electrons. The lowest BCUT2D eigenvalue weighted by Crippen LogP contribution is -2.15. The van der Waals surface area contributed by atoms with Crippen LogP contribution in [0, 0.1) is 20.8 Å². The maximum Gasteiger partial charge on any atom is 0.0458 e. The van der Waals surface area contributed by atoms with Crippen molar-refractivity contribution in [2.75, 3.05) is 6.54 Å². The van der Waals surface area contributed by atoms with Gasteiger partial charge in [0.1, 0.15) is 0 Å². The van der Waals surface area contributed by atoms with Gasteiger partial charge in [-0.25, -0.2) is 0 Å². The predicted molar refractivity (Wildman–Crippen MR) is 94.5 cm³/mol. The summed E-state index contributed by atoms with van der Waals surface area (Å²) < 4.78 is 0. The highest BCUT2D eigenvalue weighted by Gasteiger charge is 2.16. The SMILES string of the molecule is Cc1cc(C)cc(C(CN)Cc2c(C)[nH]c3ccccc23)c1. The fourth-order valence-corrected chi connectivity index (χ4v) is 3.43. The van der Waals surface area contributed by atoms with E-state index in [1.807, 2.05) is 0 Å². The Morgan fingerprint density at radius 2 is 1.68 bits per heavy atom. The first-order chi connectivity index (χ1) is 10.6. The maximum atomic E-state index is 6.11. The molecule has 2 nitrogen and oxygen atoms in total. The predicted octanol–water partition coefficient (Wildman–Crippen LogP) is 4.38. The van der Waals surface area contributed by atoms with Gasteiger partial charge in [0, 0.05) is 22.5 Å². The monoisotopic (exact) mass is 292 g/mol.